The fourth-order valence-electron chi connectivity index (χ4n) is 1.56. The van der Waals surface area contributed by atoms with Gasteiger partial charge in [0.25, 0.3) is 0 Å². The number of hydrogen-bond donors (Lipinski definition) is 0. The van der Waals surface area contributed by atoms with Crippen LogP contribution in [0, 0.1) is 12.3 Å². The second-order valence-electron chi connectivity index (χ2n) is 4.08. The van der Waals surface area contributed by atoms with Gasteiger partial charge in [-0.05, 0) is 44.4 Å². The topological polar surface area (TPSA) is 26.3 Å². The number of unbranched alkanes of at least 4 members (excludes halogenated alkanes) is 1. The molecule has 0 saturated heterocycles. The Morgan fingerprint density at radius 2 is 2.17 bits per heavy atom. The summed E-state index contributed by atoms with van der Waals surface area (Å²) in [7, 11) is 0. The number of carbonyl (C=O) groups excluding carboxylic acids is 1. The number of hydrogen-bond acceptors (Lipinski definition) is 2. The van der Waals surface area contributed by atoms with Gasteiger partial charge in [-0.25, -0.2) is 4.79 Å². The minimum Gasteiger partial charge on any atom is -0.459 e. The van der Waals surface area contributed by atoms with Gasteiger partial charge < -0.3 is 4.74 Å². The van der Waals surface area contributed by atoms with E-state index in [9.17, 15) is 4.79 Å². The van der Waals surface area contributed by atoms with Crippen LogP contribution < -0.4 is 0 Å². The van der Waals surface area contributed by atoms with E-state index in [1.165, 1.54) is 0 Å². The lowest BCUT2D eigenvalue weighted by Crippen LogP contribution is -2.14. The molecule has 0 aliphatic heterocycles. The zero-order valence-corrected chi connectivity index (χ0v) is 10.6. The summed E-state index contributed by atoms with van der Waals surface area (Å²) in [6.45, 7) is 1.91. The quantitative estimate of drug-likeness (QED) is 0.433. The maximum Gasteiger partial charge on any atom is 0.338 e. The van der Waals surface area contributed by atoms with E-state index in [1.807, 2.05) is 31.2 Å². The molecule has 18 heavy (non-hydrogen) atoms. The molecule has 1 unspecified atom stereocenters. The molecule has 2 heteroatoms. The first-order valence-corrected chi connectivity index (χ1v) is 6.11. The van der Waals surface area contributed by atoms with Crippen LogP contribution in [0.2, 0.25) is 0 Å². The second-order valence-corrected chi connectivity index (χ2v) is 4.08. The Labute approximate surface area is 109 Å². The predicted molar refractivity (Wildman–Crippen MR) is 73.1 cm³/mol. The molecule has 1 aromatic rings. The van der Waals surface area contributed by atoms with Crippen LogP contribution in [0.5, 0.6) is 0 Å². The summed E-state index contributed by atoms with van der Waals surface area (Å²) in [6, 6.07) is 9.03. The summed E-state index contributed by atoms with van der Waals surface area (Å²) < 4.78 is 5.34. The fraction of sp³-hybridized carbons (Fsp3) is 0.312. The van der Waals surface area contributed by atoms with Crippen LogP contribution >= 0.6 is 0 Å². The van der Waals surface area contributed by atoms with Crippen LogP contribution in [0.4, 0.5) is 0 Å². The fourth-order valence-corrected chi connectivity index (χ4v) is 1.56. The molecule has 0 heterocycles. The van der Waals surface area contributed by atoms with Gasteiger partial charge in [0.1, 0.15) is 0 Å². The van der Waals surface area contributed by atoms with Gasteiger partial charge in [0.2, 0.25) is 0 Å². The summed E-state index contributed by atoms with van der Waals surface area (Å²) in [5, 5.41) is 0. The number of allylic oxidation sites excluding steroid dienone is 2. The highest BCUT2D eigenvalue weighted by molar-refractivity contribution is 5.89. The maximum atomic E-state index is 11.7. The third kappa shape index (κ3) is 5.36. The highest BCUT2D eigenvalue weighted by Gasteiger charge is 2.10. The van der Waals surface area contributed by atoms with Crippen LogP contribution in [-0.2, 0) is 4.74 Å². The molecule has 0 N–H and O–H groups in total. The van der Waals surface area contributed by atoms with Crippen molar-refractivity contribution in [3.8, 4) is 12.3 Å². The molecule has 0 amide bonds. The van der Waals surface area contributed by atoms with Crippen molar-refractivity contribution in [3.63, 3.8) is 0 Å². The van der Waals surface area contributed by atoms with Gasteiger partial charge in [0, 0.05) is 0 Å². The molecule has 1 rings (SSSR count). The Kier molecular flexibility index (Phi) is 6.35. The SMILES string of the molecule is C#C/C=C/CCCC(C)OC(=O)c1ccccc1. The Morgan fingerprint density at radius 1 is 1.44 bits per heavy atom. The van der Waals surface area contributed by atoms with Gasteiger partial charge in [-0.2, -0.15) is 0 Å². The number of carbonyl (C=O) groups is 1. The number of esters is 1. The smallest absolute Gasteiger partial charge is 0.338 e. The van der Waals surface area contributed by atoms with E-state index in [2.05, 4.69) is 5.92 Å². The van der Waals surface area contributed by atoms with Crippen molar-refractivity contribution in [2.24, 2.45) is 0 Å². The van der Waals surface area contributed by atoms with Crippen molar-refractivity contribution in [1.82, 2.24) is 0 Å². The minimum atomic E-state index is -0.262. The van der Waals surface area contributed by atoms with Gasteiger partial charge in [-0.15, -0.1) is 6.42 Å². The first kappa shape index (κ1) is 14.1. The van der Waals surface area contributed by atoms with Crippen LogP contribution in [0.1, 0.15) is 36.5 Å². The van der Waals surface area contributed by atoms with Gasteiger partial charge in [0.15, 0.2) is 0 Å². The zero-order chi connectivity index (χ0) is 13.2. The van der Waals surface area contributed by atoms with Gasteiger partial charge in [0.05, 0.1) is 11.7 Å². The molecular formula is C16H18O2. The van der Waals surface area contributed by atoms with Crippen LogP contribution in [0.15, 0.2) is 42.5 Å². The van der Waals surface area contributed by atoms with Crippen molar-refractivity contribution >= 4 is 5.97 Å². The molecule has 1 aromatic carbocycles. The monoisotopic (exact) mass is 242 g/mol. The van der Waals surface area contributed by atoms with Crippen LogP contribution in [-0.4, -0.2) is 12.1 Å². The van der Waals surface area contributed by atoms with E-state index in [1.54, 1.807) is 18.2 Å². The molecule has 0 aliphatic rings. The summed E-state index contributed by atoms with van der Waals surface area (Å²) >= 11 is 0. The largest absolute Gasteiger partial charge is 0.459 e. The van der Waals surface area contributed by atoms with Gasteiger partial charge in [-0.3, -0.25) is 0 Å². The average molecular weight is 242 g/mol. The highest BCUT2D eigenvalue weighted by Crippen LogP contribution is 2.09. The summed E-state index contributed by atoms with van der Waals surface area (Å²) in [6.07, 6.45) is 11.4. The Hall–Kier alpha value is -2.01. The first-order valence-electron chi connectivity index (χ1n) is 6.11. The van der Waals surface area contributed by atoms with E-state index < -0.39 is 0 Å². The lowest BCUT2D eigenvalue weighted by molar-refractivity contribution is 0.0321. The van der Waals surface area contributed by atoms with Crippen LogP contribution in [0.3, 0.4) is 0 Å². The van der Waals surface area contributed by atoms with Crippen LogP contribution in [0.25, 0.3) is 0 Å². The lowest BCUT2D eigenvalue weighted by atomic mass is 10.1. The molecule has 0 spiro atoms. The van der Waals surface area contributed by atoms with Crippen molar-refractivity contribution < 1.29 is 9.53 Å². The molecule has 0 bridgehead atoms. The number of terminal acetylenes is 1. The average Bonchev–Trinajstić information content (AvgIpc) is 2.39. The molecule has 2 nitrogen and oxygen atoms in total. The molecular weight excluding hydrogens is 224 g/mol. The molecule has 1 atom stereocenters. The van der Waals surface area contributed by atoms with Crippen molar-refractivity contribution in [2.75, 3.05) is 0 Å². The minimum absolute atomic E-state index is 0.0723. The lowest BCUT2D eigenvalue weighted by Gasteiger charge is -2.12. The zero-order valence-electron chi connectivity index (χ0n) is 10.6. The van der Waals surface area contributed by atoms with E-state index >= 15 is 0 Å². The predicted octanol–water partition coefficient (Wildman–Crippen LogP) is 3.59. The van der Waals surface area contributed by atoms with Crippen molar-refractivity contribution in [1.29, 1.82) is 0 Å². The Balaban J connectivity index is 2.28. The van der Waals surface area contributed by atoms with E-state index in [0.717, 1.165) is 19.3 Å². The summed E-state index contributed by atoms with van der Waals surface area (Å²) in [5.74, 6) is 2.18. The summed E-state index contributed by atoms with van der Waals surface area (Å²) in [4.78, 5) is 11.7. The standard InChI is InChI=1S/C16H18O2/c1-3-4-5-6-8-11-14(2)18-16(17)15-12-9-7-10-13-15/h1,4-5,7,9-10,12-14H,6,8,11H2,2H3/b5-4+. The second kappa shape index (κ2) is 8.14. The highest BCUT2D eigenvalue weighted by atomic mass is 16.5. The molecule has 0 fully saturated rings. The third-order valence-corrected chi connectivity index (χ3v) is 2.51. The van der Waals surface area contributed by atoms with Crippen molar-refractivity contribution in [3.05, 3.63) is 48.0 Å². The number of ether oxygens (including phenoxy) is 1. The van der Waals surface area contributed by atoms with Gasteiger partial charge >= 0.3 is 5.97 Å². The van der Waals surface area contributed by atoms with Crippen molar-refractivity contribution in [2.45, 2.75) is 32.3 Å². The molecule has 0 saturated carbocycles. The maximum absolute atomic E-state index is 11.7. The number of rotatable bonds is 6. The van der Waals surface area contributed by atoms with E-state index in [4.69, 9.17) is 11.2 Å². The summed E-state index contributed by atoms with van der Waals surface area (Å²) in [5.41, 5.74) is 0.594. The third-order valence-electron chi connectivity index (χ3n) is 2.51. The van der Waals surface area contributed by atoms with E-state index in [-0.39, 0.29) is 12.1 Å². The molecule has 0 aromatic heterocycles. The normalized spacial score (nSPS) is 12.0. The van der Waals surface area contributed by atoms with Gasteiger partial charge in [-0.1, -0.05) is 30.2 Å². The number of benzene rings is 1. The molecule has 94 valence electrons. The molecule has 0 aliphatic carbocycles. The first-order chi connectivity index (χ1) is 8.74. The molecule has 0 radical (unpaired) electrons. The van der Waals surface area contributed by atoms with E-state index in [0.29, 0.717) is 5.56 Å². The Bertz CT molecular complexity index is 426. The Morgan fingerprint density at radius 3 is 2.83 bits per heavy atom.